The fraction of sp³-hybridized carbons (Fsp3) is 0.500. The predicted octanol–water partition coefficient (Wildman–Crippen LogP) is 2.12. The molecule has 1 aromatic heterocycles. The molecule has 0 N–H and O–H groups in total. The number of rotatable bonds is 2. The first-order valence-corrected chi connectivity index (χ1v) is 8.12. The Morgan fingerprint density at radius 2 is 2.29 bits per heavy atom. The fourth-order valence-corrected chi connectivity index (χ4v) is 4.46. The number of hydrogen-bond donors (Lipinski definition) is 0. The highest BCUT2D eigenvalue weighted by Crippen LogP contribution is 2.29. The molecule has 1 fully saturated rings. The quantitative estimate of drug-likeness (QED) is 0.828. The molecule has 1 aliphatic heterocycles. The lowest BCUT2D eigenvalue weighted by Gasteiger charge is -2.25. The van der Waals surface area contributed by atoms with E-state index in [2.05, 4.69) is 20.9 Å². The molecule has 4 nitrogen and oxygen atoms in total. The van der Waals surface area contributed by atoms with E-state index in [9.17, 15) is 8.42 Å². The Morgan fingerprint density at radius 1 is 1.59 bits per heavy atom. The highest BCUT2D eigenvalue weighted by molar-refractivity contribution is 9.10. The van der Waals surface area contributed by atoms with Crippen LogP contribution in [0.1, 0.15) is 6.42 Å². The summed E-state index contributed by atoms with van der Waals surface area (Å²) in [4.78, 5) is 6.07. The van der Waals surface area contributed by atoms with Crippen LogP contribution in [-0.2, 0) is 9.84 Å². The monoisotopic (exact) mass is 338 g/mol. The summed E-state index contributed by atoms with van der Waals surface area (Å²) >= 11 is 9.38. The maximum absolute atomic E-state index is 11.4. The van der Waals surface area contributed by atoms with Gasteiger partial charge in [0.15, 0.2) is 9.84 Å². The smallest absolute Gasteiger partial charge is 0.152 e. The van der Waals surface area contributed by atoms with Crippen molar-refractivity contribution in [2.75, 3.05) is 23.5 Å². The van der Waals surface area contributed by atoms with Crippen LogP contribution in [0, 0.1) is 0 Å². The molecule has 1 saturated heterocycles. The highest BCUT2D eigenvalue weighted by Gasteiger charge is 2.31. The molecule has 1 unspecified atom stereocenters. The van der Waals surface area contributed by atoms with Crippen LogP contribution < -0.4 is 4.90 Å². The van der Waals surface area contributed by atoms with Crippen molar-refractivity contribution in [3.63, 3.8) is 0 Å². The van der Waals surface area contributed by atoms with Gasteiger partial charge in [0, 0.05) is 23.8 Å². The number of halogens is 2. The summed E-state index contributed by atoms with van der Waals surface area (Å²) in [6.45, 7) is 0. The number of hydrogen-bond acceptors (Lipinski definition) is 4. The second kappa shape index (κ2) is 4.74. The minimum atomic E-state index is -2.89. The molecule has 94 valence electrons. The molecule has 7 heteroatoms. The van der Waals surface area contributed by atoms with Gasteiger partial charge in [-0.05, 0) is 28.4 Å². The van der Waals surface area contributed by atoms with E-state index < -0.39 is 9.84 Å². The number of nitrogens with zero attached hydrogens (tertiary/aromatic N) is 2. The van der Waals surface area contributed by atoms with Crippen molar-refractivity contribution in [1.29, 1.82) is 0 Å². The summed E-state index contributed by atoms with van der Waals surface area (Å²) in [7, 11) is -1.06. The number of anilines is 1. The third-order valence-corrected chi connectivity index (χ3v) is 5.34. The molecule has 1 atom stereocenters. The summed E-state index contributed by atoms with van der Waals surface area (Å²) in [5.41, 5.74) is 0. The average Bonchev–Trinajstić information content (AvgIpc) is 2.58. The van der Waals surface area contributed by atoms with Crippen molar-refractivity contribution >= 4 is 43.2 Å². The van der Waals surface area contributed by atoms with Crippen LogP contribution in [-0.4, -0.2) is 38.0 Å². The number of sulfone groups is 1. The fourth-order valence-electron chi connectivity index (χ4n) is 1.92. The van der Waals surface area contributed by atoms with E-state index >= 15 is 0 Å². The standard InChI is InChI=1S/C10H12BrClN2O2S/c1-14(8-2-3-17(15,16)6-8)10-9(12)4-7(11)5-13-10/h4-5,8H,2-3,6H2,1H3. The maximum atomic E-state index is 11.4. The first-order chi connectivity index (χ1) is 7.89. The van der Waals surface area contributed by atoms with Crippen LogP contribution >= 0.6 is 27.5 Å². The van der Waals surface area contributed by atoms with Crippen molar-refractivity contribution in [2.24, 2.45) is 0 Å². The molecule has 0 aliphatic carbocycles. The van der Waals surface area contributed by atoms with Gasteiger partial charge in [0.2, 0.25) is 0 Å². The largest absolute Gasteiger partial charge is 0.354 e. The lowest BCUT2D eigenvalue weighted by atomic mass is 10.2. The predicted molar refractivity (Wildman–Crippen MR) is 72.4 cm³/mol. The number of pyridine rings is 1. The topological polar surface area (TPSA) is 50.3 Å². The highest BCUT2D eigenvalue weighted by atomic mass is 79.9. The van der Waals surface area contributed by atoms with Gasteiger partial charge in [0.1, 0.15) is 5.82 Å². The molecule has 0 radical (unpaired) electrons. The Balaban J connectivity index is 2.23. The van der Waals surface area contributed by atoms with Gasteiger partial charge in [-0.2, -0.15) is 0 Å². The molecule has 1 aromatic rings. The van der Waals surface area contributed by atoms with Gasteiger partial charge in [-0.1, -0.05) is 11.6 Å². The summed E-state index contributed by atoms with van der Waals surface area (Å²) in [5, 5.41) is 0.520. The lowest BCUT2D eigenvalue weighted by Crippen LogP contribution is -2.33. The Labute approximate surface area is 114 Å². The van der Waals surface area contributed by atoms with E-state index in [-0.39, 0.29) is 17.5 Å². The van der Waals surface area contributed by atoms with Crippen LogP contribution in [0.25, 0.3) is 0 Å². The third kappa shape index (κ3) is 2.92. The lowest BCUT2D eigenvalue weighted by molar-refractivity contribution is 0.600. The molecule has 17 heavy (non-hydrogen) atoms. The van der Waals surface area contributed by atoms with E-state index in [1.807, 2.05) is 11.9 Å². The molecule has 1 aliphatic rings. The molecule has 0 saturated carbocycles. The first-order valence-electron chi connectivity index (χ1n) is 5.13. The zero-order valence-corrected chi connectivity index (χ0v) is 12.4. The SMILES string of the molecule is CN(c1ncc(Br)cc1Cl)C1CCS(=O)(=O)C1. The van der Waals surface area contributed by atoms with Gasteiger partial charge >= 0.3 is 0 Å². The summed E-state index contributed by atoms with van der Waals surface area (Å²) in [6, 6.07) is 1.72. The van der Waals surface area contributed by atoms with Gasteiger partial charge in [0.25, 0.3) is 0 Å². The maximum Gasteiger partial charge on any atom is 0.152 e. The Bertz CT molecular complexity index is 535. The van der Waals surface area contributed by atoms with Crippen LogP contribution in [0.3, 0.4) is 0 Å². The molecule has 2 rings (SSSR count). The van der Waals surface area contributed by atoms with Crippen molar-refractivity contribution in [3.8, 4) is 0 Å². The first kappa shape index (κ1) is 13.1. The minimum absolute atomic E-state index is 0.0359. The van der Waals surface area contributed by atoms with Crippen molar-refractivity contribution in [1.82, 2.24) is 4.98 Å². The summed E-state index contributed by atoms with van der Waals surface area (Å²) in [6.07, 6.45) is 2.29. The van der Waals surface area contributed by atoms with Crippen molar-refractivity contribution in [3.05, 3.63) is 21.8 Å². The van der Waals surface area contributed by atoms with E-state index in [1.165, 1.54) is 0 Å². The van der Waals surface area contributed by atoms with E-state index in [0.29, 0.717) is 17.3 Å². The second-order valence-electron chi connectivity index (χ2n) is 4.13. The summed E-state index contributed by atoms with van der Waals surface area (Å²) in [5.74, 6) is 1.05. The third-order valence-electron chi connectivity index (χ3n) is 2.88. The molecule has 0 bridgehead atoms. The van der Waals surface area contributed by atoms with E-state index in [1.54, 1.807) is 12.3 Å². The molecule has 0 amide bonds. The normalized spacial score (nSPS) is 22.6. The van der Waals surface area contributed by atoms with Crippen LogP contribution in [0.5, 0.6) is 0 Å². The summed E-state index contributed by atoms with van der Waals surface area (Å²) < 4.78 is 23.7. The van der Waals surface area contributed by atoms with Crippen molar-refractivity contribution in [2.45, 2.75) is 12.5 Å². The zero-order valence-electron chi connectivity index (χ0n) is 9.23. The zero-order chi connectivity index (χ0) is 12.6. The molecule has 0 spiro atoms. The second-order valence-corrected chi connectivity index (χ2v) is 7.68. The van der Waals surface area contributed by atoms with Gasteiger partial charge in [-0.15, -0.1) is 0 Å². The Morgan fingerprint density at radius 3 is 2.82 bits per heavy atom. The van der Waals surface area contributed by atoms with E-state index in [4.69, 9.17) is 11.6 Å². The van der Waals surface area contributed by atoms with Gasteiger partial charge in [0.05, 0.1) is 16.5 Å². The van der Waals surface area contributed by atoms with Crippen molar-refractivity contribution < 1.29 is 8.42 Å². The van der Waals surface area contributed by atoms with Gasteiger partial charge in [-0.25, -0.2) is 13.4 Å². The number of aromatic nitrogens is 1. The minimum Gasteiger partial charge on any atom is -0.354 e. The molecule has 2 heterocycles. The van der Waals surface area contributed by atoms with Gasteiger partial charge in [-0.3, -0.25) is 0 Å². The van der Waals surface area contributed by atoms with Crippen LogP contribution in [0.15, 0.2) is 16.7 Å². The molecular weight excluding hydrogens is 328 g/mol. The molecular formula is C10H12BrClN2O2S. The molecule has 0 aromatic carbocycles. The Kier molecular flexibility index (Phi) is 3.66. The van der Waals surface area contributed by atoms with E-state index in [0.717, 1.165) is 4.47 Å². The van der Waals surface area contributed by atoms with Crippen LogP contribution in [0.2, 0.25) is 5.02 Å². The average molecular weight is 340 g/mol. The van der Waals surface area contributed by atoms with Crippen LogP contribution in [0.4, 0.5) is 5.82 Å². The Hall–Kier alpha value is -0.330. The van der Waals surface area contributed by atoms with Gasteiger partial charge < -0.3 is 4.90 Å².